The Morgan fingerprint density at radius 1 is 1.00 bits per heavy atom. The molecule has 160 valence electrons. The highest BCUT2D eigenvalue weighted by molar-refractivity contribution is 8.00. The van der Waals surface area contributed by atoms with E-state index in [1.807, 2.05) is 30.3 Å². The second-order valence-corrected chi connectivity index (χ2v) is 8.05. The number of Topliss-reactive ketones (excluding diaryl/α,β-unsaturated/α-hetero) is 1. The van der Waals surface area contributed by atoms with Crippen LogP contribution in [-0.2, 0) is 4.79 Å². The number of nitrogens with zero attached hydrogens (tertiary/aromatic N) is 2. The summed E-state index contributed by atoms with van der Waals surface area (Å²) in [6.45, 7) is 1.47. The van der Waals surface area contributed by atoms with Crippen molar-refractivity contribution in [2.24, 2.45) is 0 Å². The van der Waals surface area contributed by atoms with E-state index < -0.39 is 11.1 Å². The van der Waals surface area contributed by atoms with Gasteiger partial charge in [0.15, 0.2) is 11.6 Å². The lowest BCUT2D eigenvalue weighted by atomic mass is 10.1. The van der Waals surface area contributed by atoms with Gasteiger partial charge in [0.2, 0.25) is 11.1 Å². The monoisotopic (exact) mass is 446 g/mol. The Morgan fingerprint density at radius 2 is 1.75 bits per heavy atom. The predicted octanol–water partition coefficient (Wildman–Crippen LogP) is 5.29. The van der Waals surface area contributed by atoms with Gasteiger partial charge in [-0.3, -0.25) is 14.7 Å². The third kappa shape index (κ3) is 4.92. The number of amides is 1. The van der Waals surface area contributed by atoms with Gasteiger partial charge < -0.3 is 5.32 Å². The van der Waals surface area contributed by atoms with E-state index in [1.165, 1.54) is 13.0 Å². The van der Waals surface area contributed by atoms with Crippen LogP contribution in [0.2, 0.25) is 0 Å². The van der Waals surface area contributed by atoms with Crippen LogP contribution in [0.25, 0.3) is 11.4 Å². The molecule has 1 unspecified atom stereocenters. The van der Waals surface area contributed by atoms with Gasteiger partial charge in [0.05, 0.1) is 5.56 Å². The number of aromatic amines is 1. The number of thioether (sulfide) groups is 1. The molecule has 8 heteroatoms. The first kappa shape index (κ1) is 21.5. The maximum Gasteiger partial charge on any atom is 0.242 e. The van der Waals surface area contributed by atoms with Crippen molar-refractivity contribution >= 4 is 29.1 Å². The molecule has 0 aliphatic heterocycles. The van der Waals surface area contributed by atoms with Crippen LogP contribution in [0.1, 0.15) is 28.1 Å². The molecule has 1 amide bonds. The SMILES string of the molecule is CC(=O)c1cccc(NC(=O)C(Sc2n[nH]c(-c3ccccc3F)n2)c2ccccc2)c1. The minimum atomic E-state index is -0.665. The number of aromatic nitrogens is 3. The zero-order valence-electron chi connectivity index (χ0n) is 17.1. The van der Waals surface area contributed by atoms with Gasteiger partial charge in [0, 0.05) is 11.3 Å². The van der Waals surface area contributed by atoms with Gasteiger partial charge in [-0.1, -0.05) is 66.4 Å². The first-order chi connectivity index (χ1) is 15.5. The van der Waals surface area contributed by atoms with E-state index in [0.717, 1.165) is 17.3 Å². The van der Waals surface area contributed by atoms with Crippen LogP contribution in [0.4, 0.5) is 10.1 Å². The predicted molar refractivity (Wildman–Crippen MR) is 122 cm³/mol. The Bertz CT molecular complexity index is 1260. The standard InChI is InChI=1S/C24H19FN4O2S/c1-15(30)17-10-7-11-18(14-17)26-23(31)21(16-8-3-2-4-9-16)32-24-27-22(28-29-24)19-12-5-6-13-20(19)25/h2-14,21H,1H3,(H,26,31)(H,27,28,29). The number of hydrogen-bond acceptors (Lipinski definition) is 5. The number of nitrogens with one attached hydrogen (secondary N) is 2. The largest absolute Gasteiger partial charge is 0.325 e. The zero-order chi connectivity index (χ0) is 22.5. The van der Waals surface area contributed by atoms with E-state index in [2.05, 4.69) is 20.5 Å². The van der Waals surface area contributed by atoms with Crippen molar-refractivity contribution in [1.82, 2.24) is 15.2 Å². The second kappa shape index (κ2) is 9.57. The smallest absolute Gasteiger partial charge is 0.242 e. The quantitative estimate of drug-likeness (QED) is 0.298. The molecule has 32 heavy (non-hydrogen) atoms. The Balaban J connectivity index is 1.60. The van der Waals surface area contributed by atoms with E-state index in [-0.39, 0.29) is 17.5 Å². The fourth-order valence-corrected chi connectivity index (χ4v) is 4.02. The summed E-state index contributed by atoms with van der Waals surface area (Å²) in [7, 11) is 0. The molecule has 1 heterocycles. The van der Waals surface area contributed by atoms with E-state index in [4.69, 9.17) is 0 Å². The number of rotatable bonds is 7. The number of anilines is 1. The molecular weight excluding hydrogens is 427 g/mol. The molecule has 2 N–H and O–H groups in total. The van der Waals surface area contributed by atoms with Gasteiger partial charge in [-0.2, -0.15) is 0 Å². The molecule has 0 aliphatic rings. The van der Waals surface area contributed by atoms with Crippen molar-refractivity contribution in [3.8, 4) is 11.4 Å². The second-order valence-electron chi connectivity index (χ2n) is 6.98. The highest BCUT2D eigenvalue weighted by Crippen LogP contribution is 2.35. The minimum Gasteiger partial charge on any atom is -0.325 e. The number of ketones is 1. The first-order valence-electron chi connectivity index (χ1n) is 9.82. The van der Waals surface area contributed by atoms with Crippen molar-refractivity contribution in [2.75, 3.05) is 5.32 Å². The van der Waals surface area contributed by atoms with Crippen LogP contribution in [0.15, 0.2) is 84.0 Å². The fourth-order valence-electron chi connectivity index (χ4n) is 3.10. The molecule has 0 spiro atoms. The van der Waals surface area contributed by atoms with Crippen LogP contribution in [0.3, 0.4) is 0 Å². The Kier molecular flexibility index (Phi) is 6.42. The van der Waals surface area contributed by atoms with Gasteiger partial charge in [-0.05, 0) is 36.8 Å². The topological polar surface area (TPSA) is 87.7 Å². The molecule has 3 aromatic carbocycles. The number of hydrogen-bond donors (Lipinski definition) is 2. The van der Waals surface area contributed by atoms with Gasteiger partial charge in [0.1, 0.15) is 11.1 Å². The number of H-pyrrole nitrogens is 1. The molecule has 0 fully saturated rings. The highest BCUT2D eigenvalue weighted by Gasteiger charge is 2.25. The molecule has 0 bridgehead atoms. The first-order valence-corrected chi connectivity index (χ1v) is 10.7. The Hall–Kier alpha value is -3.78. The van der Waals surface area contributed by atoms with E-state index in [9.17, 15) is 14.0 Å². The maximum absolute atomic E-state index is 14.1. The lowest BCUT2D eigenvalue weighted by molar-refractivity contribution is -0.115. The maximum atomic E-state index is 14.1. The summed E-state index contributed by atoms with van der Waals surface area (Å²) in [6, 6.07) is 22.3. The van der Waals surface area contributed by atoms with Crippen LogP contribution < -0.4 is 5.32 Å². The highest BCUT2D eigenvalue weighted by atomic mass is 32.2. The van der Waals surface area contributed by atoms with E-state index in [1.54, 1.807) is 42.5 Å². The van der Waals surface area contributed by atoms with Gasteiger partial charge >= 0.3 is 0 Å². The lowest BCUT2D eigenvalue weighted by Gasteiger charge is -2.15. The number of benzene rings is 3. The molecule has 4 rings (SSSR count). The average Bonchev–Trinajstić information content (AvgIpc) is 3.27. The third-order valence-electron chi connectivity index (χ3n) is 4.69. The summed E-state index contributed by atoms with van der Waals surface area (Å²) in [6.07, 6.45) is 0. The average molecular weight is 447 g/mol. The molecule has 0 aliphatic carbocycles. The van der Waals surface area contributed by atoms with Gasteiger partial charge in [0.25, 0.3) is 0 Å². The Labute approximate surface area is 188 Å². The van der Waals surface area contributed by atoms with Crippen LogP contribution in [0, 0.1) is 5.82 Å². The van der Waals surface area contributed by atoms with Crippen molar-refractivity contribution in [3.63, 3.8) is 0 Å². The normalized spacial score (nSPS) is 11.7. The van der Waals surface area contributed by atoms with E-state index >= 15 is 0 Å². The summed E-state index contributed by atoms with van der Waals surface area (Å²) in [4.78, 5) is 29.2. The van der Waals surface area contributed by atoms with E-state index in [0.29, 0.717) is 22.0 Å². The molecule has 6 nitrogen and oxygen atoms in total. The summed E-state index contributed by atoms with van der Waals surface area (Å²) >= 11 is 1.15. The van der Waals surface area contributed by atoms with Gasteiger partial charge in [-0.25, -0.2) is 9.37 Å². The van der Waals surface area contributed by atoms with Crippen LogP contribution in [0.5, 0.6) is 0 Å². The molecule has 4 aromatic rings. The van der Waals surface area contributed by atoms with Crippen molar-refractivity contribution < 1.29 is 14.0 Å². The van der Waals surface area contributed by atoms with Crippen molar-refractivity contribution in [3.05, 3.63) is 95.8 Å². The minimum absolute atomic E-state index is 0.0866. The van der Waals surface area contributed by atoms with Crippen LogP contribution >= 0.6 is 11.8 Å². The van der Waals surface area contributed by atoms with Crippen molar-refractivity contribution in [1.29, 1.82) is 0 Å². The number of halogens is 1. The molecule has 1 aromatic heterocycles. The Morgan fingerprint density at radius 3 is 2.50 bits per heavy atom. The summed E-state index contributed by atoms with van der Waals surface area (Å²) in [5.74, 6) is -0.509. The molecule has 0 saturated heterocycles. The summed E-state index contributed by atoms with van der Waals surface area (Å²) < 4.78 is 14.1. The van der Waals surface area contributed by atoms with Crippen molar-refractivity contribution in [2.45, 2.75) is 17.3 Å². The fraction of sp³-hybridized carbons (Fsp3) is 0.0833. The van der Waals surface area contributed by atoms with Gasteiger partial charge in [-0.15, -0.1) is 5.10 Å². The molecular formula is C24H19FN4O2S. The zero-order valence-corrected chi connectivity index (χ0v) is 17.9. The molecule has 1 atom stereocenters. The number of carbonyl (C=O) groups excluding carboxylic acids is 2. The summed E-state index contributed by atoms with van der Waals surface area (Å²) in [5.41, 5.74) is 2.09. The summed E-state index contributed by atoms with van der Waals surface area (Å²) in [5, 5.41) is 9.41. The lowest BCUT2D eigenvalue weighted by Crippen LogP contribution is -2.19. The number of carbonyl (C=O) groups is 2. The molecule has 0 saturated carbocycles. The van der Waals surface area contributed by atoms with Crippen LogP contribution in [-0.4, -0.2) is 26.9 Å². The molecule has 0 radical (unpaired) electrons. The third-order valence-corrected chi connectivity index (χ3v) is 5.81.